The van der Waals surface area contributed by atoms with Gasteiger partial charge < -0.3 is 14.5 Å². The van der Waals surface area contributed by atoms with Gasteiger partial charge in [0.05, 0.1) is 6.61 Å². The number of hydrogen-bond acceptors (Lipinski definition) is 5. The Morgan fingerprint density at radius 1 is 1.54 bits per heavy atom. The van der Waals surface area contributed by atoms with Crippen molar-refractivity contribution in [1.82, 2.24) is 15.5 Å². The molecule has 0 amide bonds. The topological polar surface area (TPSA) is 60.2 Å². The number of rotatable bonds is 2. The lowest BCUT2D eigenvalue weighted by atomic mass is 10.3. The van der Waals surface area contributed by atoms with Gasteiger partial charge in [-0.1, -0.05) is 6.92 Å². The van der Waals surface area contributed by atoms with Crippen molar-refractivity contribution in [2.45, 2.75) is 19.4 Å². The largest absolute Gasteiger partial charge is 0.422 e. The molecule has 5 heteroatoms. The number of morpholine rings is 1. The van der Waals surface area contributed by atoms with Gasteiger partial charge in [-0.2, -0.15) is 0 Å². The van der Waals surface area contributed by atoms with E-state index in [2.05, 4.69) is 15.5 Å². The molecule has 0 unspecified atom stereocenters. The van der Waals surface area contributed by atoms with E-state index in [0.717, 1.165) is 19.5 Å². The summed E-state index contributed by atoms with van der Waals surface area (Å²) < 4.78 is 10.8. The third kappa shape index (κ3) is 1.87. The first-order valence-corrected chi connectivity index (χ1v) is 4.54. The first-order valence-electron chi connectivity index (χ1n) is 4.54. The summed E-state index contributed by atoms with van der Waals surface area (Å²) in [6.07, 6.45) is 0.703. The maximum Gasteiger partial charge on any atom is 0.246 e. The molecule has 72 valence electrons. The Labute approximate surface area is 76.5 Å². The summed E-state index contributed by atoms with van der Waals surface area (Å²) in [5.74, 6) is 1.26. The van der Waals surface area contributed by atoms with Crippen LogP contribution in [-0.4, -0.2) is 29.9 Å². The van der Waals surface area contributed by atoms with Crippen molar-refractivity contribution in [3.8, 4) is 0 Å². The van der Waals surface area contributed by atoms with Gasteiger partial charge in [0.15, 0.2) is 0 Å². The van der Waals surface area contributed by atoms with E-state index in [-0.39, 0.29) is 6.10 Å². The lowest BCUT2D eigenvalue weighted by Crippen LogP contribution is -2.33. The molecule has 13 heavy (non-hydrogen) atoms. The van der Waals surface area contributed by atoms with E-state index in [1.165, 1.54) is 0 Å². The Bertz CT molecular complexity index is 268. The molecule has 2 rings (SSSR count). The van der Waals surface area contributed by atoms with Crippen LogP contribution in [0.4, 0.5) is 0 Å². The van der Waals surface area contributed by atoms with Gasteiger partial charge in [0.25, 0.3) is 0 Å². The highest BCUT2D eigenvalue weighted by Crippen LogP contribution is 2.16. The van der Waals surface area contributed by atoms with Crippen molar-refractivity contribution < 1.29 is 9.15 Å². The van der Waals surface area contributed by atoms with E-state index < -0.39 is 0 Å². The zero-order chi connectivity index (χ0) is 9.10. The highest BCUT2D eigenvalue weighted by atomic mass is 16.5. The minimum atomic E-state index is -0.0680. The van der Waals surface area contributed by atoms with Crippen LogP contribution in [0.1, 0.15) is 24.8 Å². The molecule has 1 N–H and O–H groups in total. The molecule has 1 fully saturated rings. The SMILES string of the molecule is CCc1nnc([C@@H]2CNCCO2)o1. The van der Waals surface area contributed by atoms with Crippen molar-refractivity contribution in [2.24, 2.45) is 0 Å². The minimum absolute atomic E-state index is 0.0680. The fourth-order valence-corrected chi connectivity index (χ4v) is 1.26. The predicted molar refractivity (Wildman–Crippen MR) is 45.2 cm³/mol. The Hall–Kier alpha value is -0.940. The number of nitrogens with zero attached hydrogens (tertiary/aromatic N) is 2. The van der Waals surface area contributed by atoms with E-state index >= 15 is 0 Å². The van der Waals surface area contributed by atoms with Gasteiger partial charge in [-0.3, -0.25) is 0 Å². The molecular weight excluding hydrogens is 170 g/mol. The van der Waals surface area contributed by atoms with Crippen molar-refractivity contribution in [3.63, 3.8) is 0 Å². The highest BCUT2D eigenvalue weighted by Gasteiger charge is 2.21. The van der Waals surface area contributed by atoms with E-state index in [9.17, 15) is 0 Å². The van der Waals surface area contributed by atoms with Gasteiger partial charge in [0, 0.05) is 19.5 Å². The van der Waals surface area contributed by atoms with E-state index in [4.69, 9.17) is 9.15 Å². The molecule has 0 aliphatic carbocycles. The molecule has 0 radical (unpaired) electrons. The monoisotopic (exact) mass is 183 g/mol. The van der Waals surface area contributed by atoms with Crippen LogP contribution in [-0.2, 0) is 11.2 Å². The first-order chi connectivity index (χ1) is 6.40. The van der Waals surface area contributed by atoms with Crippen LogP contribution in [0.25, 0.3) is 0 Å². The average molecular weight is 183 g/mol. The first kappa shape index (κ1) is 8.65. The predicted octanol–water partition coefficient (Wildman–Crippen LogP) is 0.293. The smallest absolute Gasteiger partial charge is 0.246 e. The highest BCUT2D eigenvalue weighted by molar-refractivity contribution is 4.89. The molecule has 0 aromatic carbocycles. The summed E-state index contributed by atoms with van der Waals surface area (Å²) in [5, 5.41) is 11.0. The van der Waals surface area contributed by atoms with Gasteiger partial charge in [0.1, 0.15) is 6.10 Å². The molecule has 0 bridgehead atoms. The third-order valence-corrected chi connectivity index (χ3v) is 1.99. The molecule has 1 aliphatic heterocycles. The van der Waals surface area contributed by atoms with Crippen molar-refractivity contribution in [3.05, 3.63) is 11.8 Å². The summed E-state index contributed by atoms with van der Waals surface area (Å²) in [7, 11) is 0. The minimum Gasteiger partial charge on any atom is -0.422 e. The molecule has 1 aromatic rings. The Morgan fingerprint density at radius 2 is 2.46 bits per heavy atom. The zero-order valence-corrected chi connectivity index (χ0v) is 7.62. The molecular formula is C8H13N3O2. The standard InChI is InChI=1S/C8H13N3O2/c1-2-7-10-11-8(13-7)6-5-9-3-4-12-6/h6,9H,2-5H2,1H3/t6-/m0/s1. The van der Waals surface area contributed by atoms with Gasteiger partial charge in [-0.15, -0.1) is 10.2 Å². The van der Waals surface area contributed by atoms with Crippen LogP contribution >= 0.6 is 0 Å². The van der Waals surface area contributed by atoms with Crippen LogP contribution in [0.3, 0.4) is 0 Å². The van der Waals surface area contributed by atoms with Gasteiger partial charge in [0.2, 0.25) is 11.8 Å². The summed E-state index contributed by atoms with van der Waals surface area (Å²) in [6, 6.07) is 0. The molecule has 2 heterocycles. The Kier molecular flexibility index (Phi) is 2.56. The number of aromatic nitrogens is 2. The molecule has 0 saturated carbocycles. The maximum absolute atomic E-state index is 5.46. The van der Waals surface area contributed by atoms with Crippen molar-refractivity contribution in [2.75, 3.05) is 19.7 Å². The lowest BCUT2D eigenvalue weighted by Gasteiger charge is -2.20. The van der Waals surface area contributed by atoms with Gasteiger partial charge >= 0.3 is 0 Å². The van der Waals surface area contributed by atoms with Crippen molar-refractivity contribution >= 4 is 0 Å². The Morgan fingerprint density at radius 3 is 3.08 bits per heavy atom. The second kappa shape index (κ2) is 3.85. The fraction of sp³-hybridized carbons (Fsp3) is 0.750. The van der Waals surface area contributed by atoms with Crippen LogP contribution in [0.2, 0.25) is 0 Å². The van der Waals surface area contributed by atoms with E-state index in [1.807, 2.05) is 6.92 Å². The van der Waals surface area contributed by atoms with Crippen LogP contribution in [0.15, 0.2) is 4.42 Å². The normalized spacial score (nSPS) is 23.3. The molecule has 5 nitrogen and oxygen atoms in total. The van der Waals surface area contributed by atoms with E-state index in [0.29, 0.717) is 18.4 Å². The van der Waals surface area contributed by atoms with Crippen LogP contribution in [0, 0.1) is 0 Å². The van der Waals surface area contributed by atoms with Gasteiger partial charge in [-0.05, 0) is 0 Å². The maximum atomic E-state index is 5.46. The molecule has 1 aromatic heterocycles. The third-order valence-electron chi connectivity index (χ3n) is 1.99. The zero-order valence-electron chi connectivity index (χ0n) is 7.62. The van der Waals surface area contributed by atoms with Crippen molar-refractivity contribution in [1.29, 1.82) is 0 Å². The summed E-state index contributed by atoms with van der Waals surface area (Å²) in [6.45, 7) is 4.34. The number of ether oxygens (including phenoxy) is 1. The summed E-state index contributed by atoms with van der Waals surface area (Å²) in [4.78, 5) is 0. The number of aryl methyl sites for hydroxylation is 1. The summed E-state index contributed by atoms with van der Waals surface area (Å²) in [5.41, 5.74) is 0. The Balaban J connectivity index is 2.05. The second-order valence-electron chi connectivity index (χ2n) is 2.95. The lowest BCUT2D eigenvalue weighted by molar-refractivity contribution is 0.0102. The molecule has 1 saturated heterocycles. The molecule has 0 spiro atoms. The van der Waals surface area contributed by atoms with E-state index in [1.54, 1.807) is 0 Å². The van der Waals surface area contributed by atoms with Crippen LogP contribution < -0.4 is 5.32 Å². The summed E-state index contributed by atoms with van der Waals surface area (Å²) >= 11 is 0. The molecule has 1 aliphatic rings. The molecule has 1 atom stereocenters. The quantitative estimate of drug-likeness (QED) is 0.714. The number of hydrogen-bond donors (Lipinski definition) is 1. The second-order valence-corrected chi connectivity index (χ2v) is 2.95. The van der Waals surface area contributed by atoms with Gasteiger partial charge in [-0.25, -0.2) is 0 Å². The van der Waals surface area contributed by atoms with Crippen LogP contribution in [0.5, 0.6) is 0 Å². The average Bonchev–Trinajstić information content (AvgIpc) is 2.67. The fourth-order valence-electron chi connectivity index (χ4n) is 1.26. The number of nitrogens with one attached hydrogen (secondary N) is 1.